The molecular formula is C24H26FN3O. The highest BCUT2D eigenvalue weighted by Crippen LogP contribution is 2.44. The normalized spacial score (nSPS) is 19.6. The average molecular weight is 391 g/mol. The second-order valence-electron chi connectivity index (χ2n) is 8.08. The topological polar surface area (TPSA) is 35.9 Å². The highest BCUT2D eigenvalue weighted by atomic mass is 19.1. The fourth-order valence-electron chi connectivity index (χ4n) is 4.18. The summed E-state index contributed by atoms with van der Waals surface area (Å²) in [6, 6.07) is 15.8. The SMILES string of the molecule is CC(C)CC1=NCCN(C)C2=C1C(c1ccc(F)cc1)N(c1ccccc1)C2=O. The zero-order chi connectivity index (χ0) is 20.5. The molecule has 2 heterocycles. The van der Waals surface area contributed by atoms with Crippen LogP contribution in [0.2, 0.25) is 0 Å². The van der Waals surface area contributed by atoms with E-state index in [-0.39, 0.29) is 17.8 Å². The first-order valence-corrected chi connectivity index (χ1v) is 10.1. The molecule has 0 N–H and O–H groups in total. The second kappa shape index (κ2) is 7.82. The first-order chi connectivity index (χ1) is 14.0. The molecule has 1 unspecified atom stereocenters. The summed E-state index contributed by atoms with van der Waals surface area (Å²) in [5, 5.41) is 0. The molecule has 0 radical (unpaired) electrons. The summed E-state index contributed by atoms with van der Waals surface area (Å²) in [4.78, 5) is 22.4. The molecule has 0 saturated carbocycles. The van der Waals surface area contributed by atoms with Crippen LogP contribution in [0.3, 0.4) is 0 Å². The molecule has 2 aromatic rings. The number of hydrogen-bond acceptors (Lipinski definition) is 3. The van der Waals surface area contributed by atoms with Crippen LogP contribution in [-0.4, -0.2) is 36.7 Å². The molecule has 0 fully saturated rings. The maximum atomic E-state index is 13.7. The largest absolute Gasteiger partial charge is 0.368 e. The van der Waals surface area contributed by atoms with Gasteiger partial charge in [0.05, 0.1) is 12.6 Å². The van der Waals surface area contributed by atoms with Crippen molar-refractivity contribution in [2.75, 3.05) is 25.0 Å². The van der Waals surface area contributed by atoms with Gasteiger partial charge in [0.25, 0.3) is 5.91 Å². The fraction of sp³-hybridized carbons (Fsp3) is 0.333. The summed E-state index contributed by atoms with van der Waals surface area (Å²) >= 11 is 0. The van der Waals surface area contributed by atoms with Gasteiger partial charge in [0.1, 0.15) is 11.5 Å². The molecule has 150 valence electrons. The minimum absolute atomic E-state index is 0.0265. The summed E-state index contributed by atoms with van der Waals surface area (Å²) in [6.07, 6.45) is 0.806. The molecule has 0 aliphatic carbocycles. The van der Waals surface area contributed by atoms with E-state index in [1.165, 1.54) is 12.1 Å². The van der Waals surface area contributed by atoms with Gasteiger partial charge in [-0.25, -0.2) is 4.39 Å². The van der Waals surface area contributed by atoms with Gasteiger partial charge in [0, 0.05) is 30.6 Å². The van der Waals surface area contributed by atoms with Gasteiger partial charge in [-0.05, 0) is 42.2 Å². The van der Waals surface area contributed by atoms with Crippen molar-refractivity contribution >= 4 is 17.3 Å². The Morgan fingerprint density at radius 3 is 2.45 bits per heavy atom. The third kappa shape index (κ3) is 3.57. The molecule has 4 rings (SSSR count). The van der Waals surface area contributed by atoms with Crippen LogP contribution in [0.15, 0.2) is 70.9 Å². The summed E-state index contributed by atoms with van der Waals surface area (Å²) in [5.74, 6) is 0.106. The Kier molecular flexibility index (Phi) is 5.22. The number of carbonyl (C=O) groups excluding carboxylic acids is 1. The van der Waals surface area contributed by atoms with Crippen LogP contribution in [0.5, 0.6) is 0 Å². The number of hydrogen-bond donors (Lipinski definition) is 0. The predicted molar refractivity (Wildman–Crippen MR) is 114 cm³/mol. The molecule has 0 bridgehead atoms. The Morgan fingerprint density at radius 2 is 1.79 bits per heavy atom. The molecule has 2 aliphatic heterocycles. The number of nitrogens with zero attached hydrogens (tertiary/aromatic N) is 3. The molecule has 0 spiro atoms. The van der Waals surface area contributed by atoms with E-state index in [0.29, 0.717) is 24.7 Å². The van der Waals surface area contributed by atoms with Crippen molar-refractivity contribution in [3.05, 3.63) is 77.2 Å². The van der Waals surface area contributed by atoms with Crippen LogP contribution in [0.4, 0.5) is 10.1 Å². The number of anilines is 1. The first kappa shape index (κ1) is 19.4. The number of halogens is 1. The maximum Gasteiger partial charge on any atom is 0.275 e. The van der Waals surface area contributed by atoms with E-state index in [1.54, 1.807) is 12.1 Å². The third-order valence-electron chi connectivity index (χ3n) is 5.46. The van der Waals surface area contributed by atoms with Gasteiger partial charge >= 0.3 is 0 Å². The number of carbonyl (C=O) groups is 1. The number of para-hydroxylation sites is 1. The Morgan fingerprint density at radius 1 is 1.10 bits per heavy atom. The predicted octanol–water partition coefficient (Wildman–Crippen LogP) is 4.60. The Labute approximate surface area is 171 Å². The summed E-state index contributed by atoms with van der Waals surface area (Å²) in [7, 11) is 1.96. The zero-order valence-electron chi connectivity index (χ0n) is 17.1. The highest BCUT2D eigenvalue weighted by molar-refractivity contribution is 6.19. The van der Waals surface area contributed by atoms with Crippen molar-refractivity contribution in [2.24, 2.45) is 10.9 Å². The second-order valence-corrected chi connectivity index (χ2v) is 8.08. The smallest absolute Gasteiger partial charge is 0.275 e. The van der Waals surface area contributed by atoms with Gasteiger partial charge in [-0.3, -0.25) is 14.7 Å². The Balaban J connectivity index is 1.92. The van der Waals surface area contributed by atoms with Crippen LogP contribution in [-0.2, 0) is 4.79 Å². The van der Waals surface area contributed by atoms with Crippen molar-refractivity contribution in [1.29, 1.82) is 0 Å². The minimum atomic E-state index is -0.321. The lowest BCUT2D eigenvalue weighted by Crippen LogP contribution is -2.34. The lowest BCUT2D eigenvalue weighted by Gasteiger charge is -2.28. The molecule has 0 aromatic heterocycles. The van der Waals surface area contributed by atoms with Crippen molar-refractivity contribution in [3.63, 3.8) is 0 Å². The van der Waals surface area contributed by atoms with E-state index in [1.807, 2.05) is 47.2 Å². The van der Waals surface area contributed by atoms with Gasteiger partial charge in [0.15, 0.2) is 0 Å². The average Bonchev–Trinajstić information content (AvgIpc) is 2.91. The van der Waals surface area contributed by atoms with Gasteiger partial charge < -0.3 is 4.90 Å². The van der Waals surface area contributed by atoms with E-state index >= 15 is 0 Å². The van der Waals surface area contributed by atoms with E-state index in [4.69, 9.17) is 4.99 Å². The molecule has 1 atom stereocenters. The number of aliphatic imine (C=N–C) groups is 1. The first-order valence-electron chi connectivity index (χ1n) is 10.1. The monoisotopic (exact) mass is 391 g/mol. The summed E-state index contributed by atoms with van der Waals surface area (Å²) < 4.78 is 13.7. The Hall–Kier alpha value is -2.95. The zero-order valence-corrected chi connectivity index (χ0v) is 17.1. The number of rotatable bonds is 4. The summed E-state index contributed by atoms with van der Waals surface area (Å²) in [6.45, 7) is 5.69. The molecule has 2 aromatic carbocycles. The lowest BCUT2D eigenvalue weighted by molar-refractivity contribution is -0.116. The van der Waals surface area contributed by atoms with Crippen LogP contribution < -0.4 is 4.90 Å². The van der Waals surface area contributed by atoms with Crippen LogP contribution in [0.1, 0.15) is 31.9 Å². The van der Waals surface area contributed by atoms with Gasteiger partial charge in [-0.15, -0.1) is 0 Å². The van der Waals surface area contributed by atoms with E-state index in [2.05, 4.69) is 13.8 Å². The van der Waals surface area contributed by atoms with Crippen molar-refractivity contribution < 1.29 is 9.18 Å². The molecule has 5 heteroatoms. The molecule has 0 saturated heterocycles. The van der Waals surface area contributed by atoms with Gasteiger partial charge in [0.2, 0.25) is 0 Å². The van der Waals surface area contributed by atoms with E-state index < -0.39 is 0 Å². The highest BCUT2D eigenvalue weighted by Gasteiger charge is 2.44. The number of likely N-dealkylation sites (N-methyl/N-ethyl adjacent to an activating group) is 1. The van der Waals surface area contributed by atoms with Crippen molar-refractivity contribution in [3.8, 4) is 0 Å². The van der Waals surface area contributed by atoms with Crippen LogP contribution in [0, 0.1) is 11.7 Å². The van der Waals surface area contributed by atoms with Crippen molar-refractivity contribution in [1.82, 2.24) is 4.90 Å². The van der Waals surface area contributed by atoms with Crippen LogP contribution in [0.25, 0.3) is 0 Å². The lowest BCUT2D eigenvalue weighted by atomic mass is 9.91. The van der Waals surface area contributed by atoms with Gasteiger partial charge in [-0.1, -0.05) is 44.2 Å². The quantitative estimate of drug-likeness (QED) is 0.764. The van der Waals surface area contributed by atoms with Gasteiger partial charge in [-0.2, -0.15) is 0 Å². The molecule has 29 heavy (non-hydrogen) atoms. The standard InChI is InChI=1S/C24H26FN3O/c1-16(2)15-20-21-22(17-9-11-18(25)12-10-17)28(19-7-5-4-6-8-19)24(29)23(21)27(3)14-13-26-20/h4-12,16,22H,13-15H2,1-3H3. The van der Waals surface area contributed by atoms with E-state index in [9.17, 15) is 9.18 Å². The molecule has 2 aliphatic rings. The number of amides is 1. The maximum absolute atomic E-state index is 13.7. The molecular weight excluding hydrogens is 365 g/mol. The third-order valence-corrected chi connectivity index (χ3v) is 5.46. The summed E-state index contributed by atoms with van der Waals surface area (Å²) in [5.41, 5.74) is 4.37. The van der Waals surface area contributed by atoms with E-state index in [0.717, 1.165) is 29.0 Å². The molecule has 4 nitrogen and oxygen atoms in total. The van der Waals surface area contributed by atoms with Crippen molar-refractivity contribution in [2.45, 2.75) is 26.3 Å². The minimum Gasteiger partial charge on any atom is -0.368 e. The molecule has 1 amide bonds. The Bertz CT molecular complexity index is 963. The van der Waals surface area contributed by atoms with Crippen LogP contribution >= 0.6 is 0 Å². The number of benzene rings is 2. The fourth-order valence-corrected chi connectivity index (χ4v) is 4.18.